The Balaban J connectivity index is 1.78. The Bertz CT molecular complexity index is 1660. The topological polar surface area (TPSA) is 21.7 Å². The molecule has 0 N–H and O–H groups in total. The number of para-hydroxylation sites is 2. The van der Waals surface area contributed by atoms with Gasteiger partial charge in [0.2, 0.25) is 11.2 Å². The maximum absolute atomic E-state index is 8.25. The van der Waals surface area contributed by atoms with Crippen LogP contribution in [0.5, 0.6) is 0 Å². The molecule has 3 heteroatoms. The fraction of sp³-hybridized carbons (Fsp3) is 0.214. The van der Waals surface area contributed by atoms with Gasteiger partial charge >= 0.3 is 0 Å². The lowest BCUT2D eigenvalue weighted by Crippen LogP contribution is -2.33. The highest BCUT2D eigenvalue weighted by molar-refractivity contribution is 5.89. The summed E-state index contributed by atoms with van der Waals surface area (Å²) >= 11 is 0. The van der Waals surface area contributed by atoms with E-state index < -0.39 is 6.85 Å². The zero-order chi connectivity index (χ0) is 23.9. The van der Waals surface area contributed by atoms with Crippen molar-refractivity contribution in [3.8, 4) is 16.9 Å². The van der Waals surface area contributed by atoms with E-state index in [9.17, 15) is 0 Å². The normalized spacial score (nSPS) is 14.4. The van der Waals surface area contributed by atoms with Crippen molar-refractivity contribution in [1.82, 2.24) is 9.55 Å². The van der Waals surface area contributed by atoms with Gasteiger partial charge in [-0.05, 0) is 67.6 Å². The highest BCUT2D eigenvalue weighted by atomic mass is 15.1. The first-order valence-corrected chi connectivity index (χ1v) is 10.7. The third-order valence-corrected chi connectivity index (χ3v) is 6.82. The molecule has 0 saturated heterocycles. The molecule has 1 aliphatic rings. The van der Waals surface area contributed by atoms with Crippen LogP contribution in [0.15, 0.2) is 54.6 Å². The molecule has 2 aromatic heterocycles. The number of aromatic nitrogens is 3. The molecule has 1 aliphatic heterocycles. The van der Waals surface area contributed by atoms with Gasteiger partial charge in [0, 0.05) is 22.7 Å². The molecule has 5 aromatic rings. The number of hydrogen-bond donors (Lipinski definition) is 0. The van der Waals surface area contributed by atoms with Crippen molar-refractivity contribution in [1.29, 1.82) is 0 Å². The Hall–Kier alpha value is -3.46. The molecule has 3 nitrogen and oxygen atoms in total. The Labute approximate surface area is 186 Å². The SMILES string of the molecule is [2H]C([2H])([2H])c1cc2c(c(-c3cc(C)c4c(C)cccc4[n+]3C)c1C)-n1c(nc3ccccc31)C2. The quantitative estimate of drug-likeness (QED) is 0.315. The lowest BCUT2D eigenvalue weighted by Gasteiger charge is -2.17. The Morgan fingerprint density at radius 3 is 2.65 bits per heavy atom. The van der Waals surface area contributed by atoms with Crippen LogP contribution in [-0.4, -0.2) is 9.55 Å². The Morgan fingerprint density at radius 1 is 0.968 bits per heavy atom. The van der Waals surface area contributed by atoms with Gasteiger partial charge in [-0.1, -0.05) is 30.3 Å². The molecule has 152 valence electrons. The summed E-state index contributed by atoms with van der Waals surface area (Å²) in [6, 6.07) is 18.6. The first kappa shape index (κ1) is 15.4. The van der Waals surface area contributed by atoms with Gasteiger partial charge in [0.15, 0.2) is 0 Å². The maximum atomic E-state index is 8.25. The minimum Gasteiger partial charge on any atom is -0.295 e. The van der Waals surface area contributed by atoms with E-state index in [0.717, 1.165) is 50.4 Å². The van der Waals surface area contributed by atoms with Crippen LogP contribution < -0.4 is 4.57 Å². The van der Waals surface area contributed by atoms with E-state index >= 15 is 0 Å². The van der Waals surface area contributed by atoms with Crippen molar-refractivity contribution < 1.29 is 8.68 Å². The minimum absolute atomic E-state index is 0.415. The molecule has 0 fully saturated rings. The first-order chi connectivity index (χ1) is 16.2. The largest absolute Gasteiger partial charge is 0.295 e. The summed E-state index contributed by atoms with van der Waals surface area (Å²) in [6.45, 7) is 4.03. The van der Waals surface area contributed by atoms with E-state index in [1.807, 2.05) is 31.2 Å². The van der Waals surface area contributed by atoms with Crippen molar-refractivity contribution in [2.24, 2.45) is 7.05 Å². The summed E-state index contributed by atoms with van der Waals surface area (Å²) < 4.78 is 29.2. The van der Waals surface area contributed by atoms with Crippen LogP contribution >= 0.6 is 0 Å². The van der Waals surface area contributed by atoms with Crippen LogP contribution in [0.2, 0.25) is 0 Å². The summed E-state index contributed by atoms with van der Waals surface area (Å²) in [7, 11) is 2.08. The fourth-order valence-electron chi connectivity index (χ4n) is 5.33. The van der Waals surface area contributed by atoms with Crippen LogP contribution in [0.3, 0.4) is 0 Å². The second-order valence-corrected chi connectivity index (χ2v) is 8.70. The maximum Gasteiger partial charge on any atom is 0.215 e. The van der Waals surface area contributed by atoms with Gasteiger partial charge in [0.05, 0.1) is 27.7 Å². The Morgan fingerprint density at radius 2 is 1.81 bits per heavy atom. The van der Waals surface area contributed by atoms with Crippen molar-refractivity contribution in [2.75, 3.05) is 0 Å². The molecule has 0 unspecified atom stereocenters. The number of rotatable bonds is 1. The van der Waals surface area contributed by atoms with Crippen molar-refractivity contribution in [3.05, 3.63) is 88.2 Å². The molecule has 0 atom stereocenters. The van der Waals surface area contributed by atoms with Crippen LogP contribution in [-0.2, 0) is 13.5 Å². The van der Waals surface area contributed by atoms with Gasteiger partial charge in [-0.3, -0.25) is 4.57 Å². The number of imidazole rings is 1. The molecule has 0 amide bonds. The molecule has 31 heavy (non-hydrogen) atoms. The van der Waals surface area contributed by atoms with Gasteiger partial charge in [-0.2, -0.15) is 4.57 Å². The van der Waals surface area contributed by atoms with E-state index in [0.29, 0.717) is 12.0 Å². The summed E-state index contributed by atoms with van der Waals surface area (Å²) in [6.07, 6.45) is 0.621. The molecular weight excluding hydrogens is 378 g/mol. The highest BCUT2D eigenvalue weighted by Crippen LogP contribution is 2.41. The van der Waals surface area contributed by atoms with E-state index in [2.05, 4.69) is 60.4 Å². The summed E-state index contributed by atoms with van der Waals surface area (Å²) in [5, 5.41) is 1.24. The average Bonchev–Trinajstić information content (AvgIpc) is 3.31. The second kappa shape index (κ2) is 6.27. The second-order valence-electron chi connectivity index (χ2n) is 8.70. The number of hydrogen-bond acceptors (Lipinski definition) is 1. The summed E-state index contributed by atoms with van der Waals surface area (Å²) in [4.78, 5) is 4.88. The lowest BCUT2D eigenvalue weighted by molar-refractivity contribution is -0.633. The number of pyridine rings is 1. The smallest absolute Gasteiger partial charge is 0.215 e. The van der Waals surface area contributed by atoms with E-state index in [-0.39, 0.29) is 0 Å². The van der Waals surface area contributed by atoms with Crippen LogP contribution in [0.1, 0.15) is 37.8 Å². The van der Waals surface area contributed by atoms with Crippen LogP contribution in [0.4, 0.5) is 0 Å². The molecule has 0 bridgehead atoms. The number of fused-ring (bicyclic) bond motifs is 6. The fourth-order valence-corrected chi connectivity index (χ4v) is 5.33. The molecule has 0 radical (unpaired) electrons. The van der Waals surface area contributed by atoms with E-state index in [4.69, 9.17) is 9.10 Å². The van der Waals surface area contributed by atoms with E-state index in [1.54, 1.807) is 0 Å². The number of nitrogens with zero attached hydrogens (tertiary/aromatic N) is 3. The predicted molar refractivity (Wildman–Crippen MR) is 127 cm³/mol. The lowest BCUT2D eigenvalue weighted by atomic mass is 9.92. The standard InChI is InChI=1S/C28H26N3/c1-16-9-8-12-23-26(16)18(3)14-24(30(23)5)27-19(4)17(2)13-20-15-25-29-21-10-6-7-11-22(21)31(25)28(20)27/h6-14H,15H2,1-5H3/q+1/i2D3. The molecule has 0 saturated carbocycles. The molecule has 3 heterocycles. The van der Waals surface area contributed by atoms with Crippen molar-refractivity contribution >= 4 is 21.9 Å². The minimum atomic E-state index is -2.19. The van der Waals surface area contributed by atoms with Gasteiger partial charge in [0.1, 0.15) is 12.9 Å². The summed E-state index contributed by atoms with van der Waals surface area (Å²) in [5.41, 5.74) is 10.8. The predicted octanol–water partition coefficient (Wildman–Crippen LogP) is 5.81. The summed E-state index contributed by atoms with van der Waals surface area (Å²) in [5.74, 6) is 0.954. The molecular formula is C28H26N3+. The molecule has 0 spiro atoms. The third kappa shape index (κ3) is 2.40. The van der Waals surface area contributed by atoms with Gasteiger partial charge < -0.3 is 0 Å². The van der Waals surface area contributed by atoms with Gasteiger partial charge in [-0.15, -0.1) is 0 Å². The number of benzene rings is 3. The monoisotopic (exact) mass is 407 g/mol. The molecule has 6 rings (SSSR count). The van der Waals surface area contributed by atoms with Crippen molar-refractivity contribution in [3.63, 3.8) is 0 Å². The highest BCUT2D eigenvalue weighted by Gasteiger charge is 2.31. The zero-order valence-corrected chi connectivity index (χ0v) is 18.2. The average molecular weight is 408 g/mol. The molecule has 0 aliphatic carbocycles. The third-order valence-electron chi connectivity index (χ3n) is 6.82. The molecule has 3 aromatic carbocycles. The van der Waals surface area contributed by atoms with Gasteiger partial charge in [0.25, 0.3) is 0 Å². The number of aryl methyl sites for hydroxylation is 4. The van der Waals surface area contributed by atoms with E-state index in [1.165, 1.54) is 16.5 Å². The van der Waals surface area contributed by atoms with Gasteiger partial charge in [-0.25, -0.2) is 4.98 Å². The van der Waals surface area contributed by atoms with Crippen molar-refractivity contribution in [2.45, 2.75) is 34.0 Å². The van der Waals surface area contributed by atoms with Crippen LogP contribution in [0.25, 0.3) is 38.9 Å². The first-order valence-electron chi connectivity index (χ1n) is 12.2. The Kier molecular flexibility index (Phi) is 3.11. The zero-order valence-electron chi connectivity index (χ0n) is 21.2. The van der Waals surface area contributed by atoms with Crippen LogP contribution in [0, 0.1) is 27.6 Å².